The van der Waals surface area contributed by atoms with Gasteiger partial charge in [-0.15, -0.1) is 0 Å². The number of aromatic nitrogens is 2. The normalized spacial score (nSPS) is 20.4. The highest BCUT2D eigenvalue weighted by molar-refractivity contribution is 5.24. The van der Waals surface area contributed by atoms with Gasteiger partial charge in [-0.25, -0.2) is 0 Å². The Morgan fingerprint density at radius 3 is 2.71 bits per heavy atom. The molecular formula is C13H24N4. The summed E-state index contributed by atoms with van der Waals surface area (Å²) in [5.41, 5.74) is 3.88. The minimum absolute atomic E-state index is 0.694. The molecule has 4 nitrogen and oxygen atoms in total. The van der Waals surface area contributed by atoms with Crippen molar-refractivity contribution in [2.45, 2.75) is 39.8 Å². The minimum Gasteiger partial charge on any atom is -0.315 e. The summed E-state index contributed by atoms with van der Waals surface area (Å²) in [6.45, 7) is 11.0. The van der Waals surface area contributed by atoms with Crippen LogP contribution in [0.15, 0.2) is 0 Å². The van der Waals surface area contributed by atoms with Crippen LogP contribution >= 0.6 is 0 Å². The molecule has 96 valence electrons. The lowest BCUT2D eigenvalue weighted by atomic mass is 10.1. The van der Waals surface area contributed by atoms with Gasteiger partial charge in [0.1, 0.15) is 0 Å². The van der Waals surface area contributed by atoms with E-state index in [0.29, 0.717) is 6.04 Å². The molecule has 2 heterocycles. The number of nitrogens with zero attached hydrogens (tertiary/aromatic N) is 3. The van der Waals surface area contributed by atoms with Gasteiger partial charge in [0.25, 0.3) is 0 Å². The first-order valence-corrected chi connectivity index (χ1v) is 6.57. The van der Waals surface area contributed by atoms with E-state index in [1.54, 1.807) is 0 Å². The summed E-state index contributed by atoms with van der Waals surface area (Å²) in [5.74, 6) is 0. The van der Waals surface area contributed by atoms with Gasteiger partial charge in [0.05, 0.1) is 5.69 Å². The lowest BCUT2D eigenvalue weighted by Crippen LogP contribution is -2.36. The van der Waals surface area contributed by atoms with E-state index in [0.717, 1.165) is 26.2 Å². The van der Waals surface area contributed by atoms with Crippen molar-refractivity contribution >= 4 is 0 Å². The molecule has 0 radical (unpaired) electrons. The van der Waals surface area contributed by atoms with Crippen LogP contribution in [-0.2, 0) is 13.6 Å². The van der Waals surface area contributed by atoms with Crippen molar-refractivity contribution in [2.24, 2.45) is 7.05 Å². The molecular weight excluding hydrogens is 212 g/mol. The lowest BCUT2D eigenvalue weighted by molar-refractivity contribution is 0.209. The van der Waals surface area contributed by atoms with Crippen molar-refractivity contribution in [3.63, 3.8) is 0 Å². The highest BCUT2D eigenvalue weighted by Crippen LogP contribution is 2.18. The number of likely N-dealkylation sites (N-methyl/N-ethyl adjacent to an activating group) is 1. The van der Waals surface area contributed by atoms with Crippen LogP contribution in [0.1, 0.15) is 30.3 Å². The summed E-state index contributed by atoms with van der Waals surface area (Å²) in [4.78, 5) is 2.57. The Hall–Kier alpha value is -0.870. The summed E-state index contributed by atoms with van der Waals surface area (Å²) in [6, 6.07) is 0.694. The van der Waals surface area contributed by atoms with Gasteiger partial charge >= 0.3 is 0 Å². The fraction of sp³-hybridized carbons (Fsp3) is 0.769. The van der Waals surface area contributed by atoms with Crippen LogP contribution in [0.2, 0.25) is 0 Å². The van der Waals surface area contributed by atoms with E-state index in [1.807, 2.05) is 11.7 Å². The van der Waals surface area contributed by atoms with E-state index in [1.165, 1.54) is 23.4 Å². The molecule has 1 aromatic rings. The molecule has 0 aromatic carbocycles. The first kappa shape index (κ1) is 12.6. The molecule has 1 aliphatic heterocycles. The Morgan fingerprint density at radius 2 is 2.24 bits per heavy atom. The smallest absolute Gasteiger partial charge is 0.0641 e. The Labute approximate surface area is 104 Å². The van der Waals surface area contributed by atoms with Crippen LogP contribution in [0, 0.1) is 13.8 Å². The Morgan fingerprint density at radius 1 is 1.47 bits per heavy atom. The minimum atomic E-state index is 0.694. The second kappa shape index (κ2) is 5.19. The zero-order chi connectivity index (χ0) is 12.4. The van der Waals surface area contributed by atoms with Crippen molar-refractivity contribution in [1.82, 2.24) is 20.0 Å². The Balaban J connectivity index is 2.12. The van der Waals surface area contributed by atoms with Gasteiger partial charge in [0.15, 0.2) is 0 Å². The van der Waals surface area contributed by atoms with Crippen molar-refractivity contribution < 1.29 is 0 Å². The second-order valence-corrected chi connectivity index (χ2v) is 4.98. The monoisotopic (exact) mass is 236 g/mol. The van der Waals surface area contributed by atoms with E-state index >= 15 is 0 Å². The van der Waals surface area contributed by atoms with Crippen molar-refractivity contribution in [1.29, 1.82) is 0 Å². The van der Waals surface area contributed by atoms with Crippen LogP contribution in [0.25, 0.3) is 0 Å². The molecule has 1 N–H and O–H groups in total. The number of hydrogen-bond acceptors (Lipinski definition) is 3. The molecule has 2 rings (SSSR count). The first-order valence-electron chi connectivity index (χ1n) is 6.57. The van der Waals surface area contributed by atoms with E-state index in [9.17, 15) is 0 Å². The standard InChI is InChI=1S/C13H24N4/c1-5-17(12-6-7-14-8-12)9-13-10(2)15-16(4)11(13)3/h12,14H,5-9H2,1-4H3. The molecule has 17 heavy (non-hydrogen) atoms. The lowest BCUT2D eigenvalue weighted by Gasteiger charge is -2.27. The largest absolute Gasteiger partial charge is 0.315 e. The van der Waals surface area contributed by atoms with E-state index in [-0.39, 0.29) is 0 Å². The average molecular weight is 236 g/mol. The van der Waals surface area contributed by atoms with Gasteiger partial charge in [-0.2, -0.15) is 5.10 Å². The topological polar surface area (TPSA) is 33.1 Å². The summed E-state index contributed by atoms with van der Waals surface area (Å²) in [5, 5.41) is 7.94. The van der Waals surface area contributed by atoms with E-state index in [4.69, 9.17) is 0 Å². The molecule has 1 unspecified atom stereocenters. The van der Waals surface area contributed by atoms with Crippen molar-refractivity contribution in [3.05, 3.63) is 17.0 Å². The zero-order valence-electron chi connectivity index (χ0n) is 11.5. The predicted octanol–water partition coefficient (Wildman–Crippen LogP) is 1.22. The zero-order valence-corrected chi connectivity index (χ0v) is 11.5. The van der Waals surface area contributed by atoms with Gasteiger partial charge < -0.3 is 5.32 Å². The molecule has 1 atom stereocenters. The maximum Gasteiger partial charge on any atom is 0.0641 e. The molecule has 1 aromatic heterocycles. The van der Waals surface area contributed by atoms with Gasteiger partial charge in [-0.3, -0.25) is 9.58 Å². The summed E-state index contributed by atoms with van der Waals surface area (Å²) in [6.07, 6.45) is 1.27. The molecule has 0 amide bonds. The third kappa shape index (κ3) is 2.53. The highest BCUT2D eigenvalue weighted by atomic mass is 15.3. The third-order valence-electron chi connectivity index (χ3n) is 3.98. The van der Waals surface area contributed by atoms with E-state index < -0.39 is 0 Å². The van der Waals surface area contributed by atoms with Crippen LogP contribution < -0.4 is 5.32 Å². The molecule has 1 saturated heterocycles. The first-order chi connectivity index (χ1) is 8.13. The Bertz CT molecular complexity index is 377. The Kier molecular flexibility index (Phi) is 3.84. The maximum atomic E-state index is 4.50. The maximum absolute atomic E-state index is 4.50. The molecule has 0 aliphatic carbocycles. The van der Waals surface area contributed by atoms with Gasteiger partial charge in [-0.05, 0) is 33.4 Å². The predicted molar refractivity (Wildman–Crippen MR) is 70.0 cm³/mol. The molecule has 0 saturated carbocycles. The van der Waals surface area contributed by atoms with Crippen LogP contribution in [0.5, 0.6) is 0 Å². The van der Waals surface area contributed by atoms with Crippen LogP contribution in [0.4, 0.5) is 0 Å². The third-order valence-corrected chi connectivity index (χ3v) is 3.98. The fourth-order valence-corrected chi connectivity index (χ4v) is 2.70. The van der Waals surface area contributed by atoms with Crippen molar-refractivity contribution in [2.75, 3.05) is 19.6 Å². The second-order valence-electron chi connectivity index (χ2n) is 4.98. The van der Waals surface area contributed by atoms with Gasteiger partial charge in [0.2, 0.25) is 0 Å². The number of hydrogen-bond donors (Lipinski definition) is 1. The molecule has 0 spiro atoms. The van der Waals surface area contributed by atoms with Gasteiger partial charge in [0, 0.05) is 37.4 Å². The summed E-state index contributed by atoms with van der Waals surface area (Å²) >= 11 is 0. The highest BCUT2D eigenvalue weighted by Gasteiger charge is 2.22. The van der Waals surface area contributed by atoms with E-state index in [2.05, 4.69) is 36.1 Å². The quantitative estimate of drug-likeness (QED) is 0.853. The number of aryl methyl sites for hydroxylation is 2. The SMILES string of the molecule is CCN(Cc1c(C)nn(C)c1C)C1CCNC1. The number of nitrogens with one attached hydrogen (secondary N) is 1. The molecule has 4 heteroatoms. The average Bonchev–Trinajstić information content (AvgIpc) is 2.89. The van der Waals surface area contributed by atoms with Gasteiger partial charge in [-0.1, -0.05) is 6.92 Å². The van der Waals surface area contributed by atoms with Crippen LogP contribution in [-0.4, -0.2) is 40.4 Å². The number of rotatable bonds is 4. The molecule has 1 fully saturated rings. The fourth-order valence-electron chi connectivity index (χ4n) is 2.70. The summed E-state index contributed by atoms with van der Waals surface area (Å²) in [7, 11) is 2.03. The molecule has 0 bridgehead atoms. The van der Waals surface area contributed by atoms with Crippen molar-refractivity contribution in [3.8, 4) is 0 Å². The molecule has 1 aliphatic rings. The van der Waals surface area contributed by atoms with Crippen LogP contribution in [0.3, 0.4) is 0 Å². The summed E-state index contributed by atoms with van der Waals surface area (Å²) < 4.78 is 1.99.